The van der Waals surface area contributed by atoms with E-state index in [4.69, 9.17) is 21.3 Å². The molecule has 180 valence electrons. The molecule has 6 rings (SSSR count). The van der Waals surface area contributed by atoms with Crippen LogP contribution in [0.25, 0.3) is 11.8 Å². The van der Waals surface area contributed by atoms with Crippen LogP contribution in [0.4, 0.5) is 0 Å². The smallest absolute Gasteiger partial charge is 0.271 e. The van der Waals surface area contributed by atoms with E-state index in [1.54, 1.807) is 22.8 Å². The van der Waals surface area contributed by atoms with Crippen molar-refractivity contribution in [2.24, 2.45) is 4.99 Å². The molecule has 2 heterocycles. The maximum atomic E-state index is 13.8. The summed E-state index contributed by atoms with van der Waals surface area (Å²) in [5, 5.41) is 11.3. The Morgan fingerprint density at radius 1 is 1.17 bits per heavy atom. The Hall–Kier alpha value is -3.13. The molecule has 1 aliphatic carbocycles. The van der Waals surface area contributed by atoms with E-state index in [-0.39, 0.29) is 17.4 Å². The number of halogens is 2. The molecule has 0 radical (unpaired) electrons. The fourth-order valence-corrected chi connectivity index (χ4v) is 6.54. The van der Waals surface area contributed by atoms with Crippen LogP contribution in [-0.2, 0) is 6.42 Å². The highest BCUT2D eigenvalue weighted by Gasteiger charge is 2.32. The van der Waals surface area contributed by atoms with E-state index < -0.39 is 0 Å². The van der Waals surface area contributed by atoms with E-state index in [0.717, 1.165) is 39.7 Å². The van der Waals surface area contributed by atoms with Crippen molar-refractivity contribution < 1.29 is 9.84 Å². The van der Waals surface area contributed by atoms with Gasteiger partial charge in [-0.3, -0.25) is 9.36 Å². The van der Waals surface area contributed by atoms with Crippen molar-refractivity contribution in [3.63, 3.8) is 0 Å². The minimum Gasteiger partial charge on any atom is -0.504 e. The van der Waals surface area contributed by atoms with Crippen LogP contribution in [0.1, 0.15) is 34.7 Å². The number of fused-ring (bicyclic) bond motifs is 3. The summed E-state index contributed by atoms with van der Waals surface area (Å²) >= 11 is 11.0. The molecule has 36 heavy (non-hydrogen) atoms. The number of ether oxygens (including phenoxy) is 1. The van der Waals surface area contributed by atoms with E-state index in [1.807, 2.05) is 30.3 Å². The molecule has 1 unspecified atom stereocenters. The lowest BCUT2D eigenvalue weighted by atomic mass is 9.83. The highest BCUT2D eigenvalue weighted by molar-refractivity contribution is 9.10. The number of phenols is 1. The third-order valence-electron chi connectivity index (χ3n) is 6.63. The maximum Gasteiger partial charge on any atom is 0.271 e. The fourth-order valence-electron chi connectivity index (χ4n) is 4.97. The lowest BCUT2D eigenvalue weighted by molar-refractivity contribution is 0.372. The molecule has 1 aromatic heterocycles. The average molecular weight is 580 g/mol. The molecule has 4 aromatic rings. The molecule has 0 amide bonds. The van der Waals surface area contributed by atoms with Crippen LogP contribution < -0.4 is 19.6 Å². The Bertz CT molecular complexity index is 1740. The van der Waals surface area contributed by atoms with Crippen molar-refractivity contribution in [1.29, 1.82) is 0 Å². The molecule has 1 aliphatic heterocycles. The third-order valence-corrected chi connectivity index (χ3v) is 8.33. The monoisotopic (exact) mass is 578 g/mol. The SMILES string of the molecule is COc1cc(Br)cc(/C=c2/sc3n(c2=O)C(c2ccc(Cl)cc2)C2=C(N=3)c3ccccc3CC2)c1O. The summed E-state index contributed by atoms with van der Waals surface area (Å²) in [6.07, 6.45) is 3.41. The summed E-state index contributed by atoms with van der Waals surface area (Å²) in [4.78, 5) is 19.5. The molecule has 0 saturated carbocycles. The number of benzene rings is 3. The Labute approximate surface area is 224 Å². The summed E-state index contributed by atoms with van der Waals surface area (Å²) < 4.78 is 8.28. The first kappa shape index (κ1) is 23.3. The lowest BCUT2D eigenvalue weighted by Gasteiger charge is -2.30. The number of allylic oxidation sites excluding steroid dienone is 1. The second-order valence-corrected chi connectivity index (χ2v) is 11.1. The number of aryl methyl sites for hydroxylation is 1. The Morgan fingerprint density at radius 3 is 2.72 bits per heavy atom. The van der Waals surface area contributed by atoms with Crippen LogP contribution in [0.3, 0.4) is 0 Å². The highest BCUT2D eigenvalue weighted by atomic mass is 79.9. The number of methoxy groups -OCH3 is 1. The number of hydrogen-bond donors (Lipinski definition) is 1. The van der Waals surface area contributed by atoms with Gasteiger partial charge < -0.3 is 9.84 Å². The number of hydrogen-bond acceptors (Lipinski definition) is 5. The predicted molar refractivity (Wildman–Crippen MR) is 147 cm³/mol. The zero-order valence-corrected chi connectivity index (χ0v) is 22.3. The van der Waals surface area contributed by atoms with Gasteiger partial charge in [0.1, 0.15) is 0 Å². The Kier molecular flexibility index (Phi) is 5.86. The van der Waals surface area contributed by atoms with Gasteiger partial charge in [-0.15, -0.1) is 0 Å². The van der Waals surface area contributed by atoms with Crippen molar-refractivity contribution in [3.8, 4) is 11.5 Å². The van der Waals surface area contributed by atoms with E-state index >= 15 is 0 Å². The van der Waals surface area contributed by atoms with Gasteiger partial charge in [0, 0.05) is 20.6 Å². The number of aromatic nitrogens is 1. The second kappa shape index (κ2) is 9.07. The van der Waals surface area contributed by atoms with Gasteiger partial charge in [-0.1, -0.05) is 75.3 Å². The molecule has 0 saturated heterocycles. The highest BCUT2D eigenvalue weighted by Crippen LogP contribution is 2.41. The molecular formula is C28H20BrClN2O3S. The first-order valence-corrected chi connectivity index (χ1v) is 13.4. The van der Waals surface area contributed by atoms with Crippen LogP contribution >= 0.6 is 38.9 Å². The molecule has 3 aromatic carbocycles. The normalized spacial score (nSPS) is 16.8. The van der Waals surface area contributed by atoms with Crippen LogP contribution in [0, 0.1) is 0 Å². The van der Waals surface area contributed by atoms with Crippen molar-refractivity contribution in [3.05, 3.63) is 118 Å². The molecule has 1 N–H and O–H groups in total. The van der Waals surface area contributed by atoms with Crippen LogP contribution in [0.2, 0.25) is 5.02 Å². The van der Waals surface area contributed by atoms with E-state index in [9.17, 15) is 9.90 Å². The molecule has 8 heteroatoms. The van der Waals surface area contributed by atoms with Crippen LogP contribution in [-0.4, -0.2) is 16.8 Å². The summed E-state index contributed by atoms with van der Waals surface area (Å²) in [5.74, 6) is 0.309. The summed E-state index contributed by atoms with van der Waals surface area (Å²) in [6, 6.07) is 19.2. The fraction of sp³-hybridized carbons (Fsp3) is 0.143. The first-order valence-electron chi connectivity index (χ1n) is 11.4. The Morgan fingerprint density at radius 2 is 1.94 bits per heavy atom. The van der Waals surface area contributed by atoms with Crippen molar-refractivity contribution in [1.82, 2.24) is 4.57 Å². The second-order valence-electron chi connectivity index (χ2n) is 8.71. The van der Waals surface area contributed by atoms with E-state index in [1.165, 1.54) is 24.0 Å². The van der Waals surface area contributed by atoms with Crippen molar-refractivity contribution >= 4 is 50.6 Å². The third kappa shape index (κ3) is 3.82. The first-order chi connectivity index (χ1) is 17.4. The molecule has 0 bridgehead atoms. The average Bonchev–Trinajstić information content (AvgIpc) is 3.19. The Balaban J connectivity index is 1.62. The van der Waals surface area contributed by atoms with Gasteiger partial charge in [0.15, 0.2) is 16.3 Å². The topological polar surface area (TPSA) is 63.8 Å². The number of aromatic hydroxyl groups is 1. The van der Waals surface area contributed by atoms with E-state index in [0.29, 0.717) is 25.7 Å². The zero-order valence-electron chi connectivity index (χ0n) is 19.2. The predicted octanol–water partition coefficient (Wildman–Crippen LogP) is 5.45. The van der Waals surface area contributed by atoms with Crippen LogP contribution in [0.5, 0.6) is 11.5 Å². The van der Waals surface area contributed by atoms with Gasteiger partial charge in [0.05, 0.1) is 23.4 Å². The molecule has 1 atom stereocenters. The van der Waals surface area contributed by atoms with Gasteiger partial charge in [-0.25, -0.2) is 4.99 Å². The molecule has 2 aliphatic rings. The minimum absolute atomic E-state index is 0.0194. The summed E-state index contributed by atoms with van der Waals surface area (Å²) in [7, 11) is 1.49. The number of nitrogens with zero attached hydrogens (tertiary/aromatic N) is 2. The largest absolute Gasteiger partial charge is 0.504 e. The van der Waals surface area contributed by atoms with Gasteiger partial charge in [0.2, 0.25) is 0 Å². The molecule has 0 fully saturated rings. The quantitative estimate of drug-likeness (QED) is 0.351. The summed E-state index contributed by atoms with van der Waals surface area (Å²) in [5.41, 5.74) is 5.77. The molecular weight excluding hydrogens is 560 g/mol. The van der Waals surface area contributed by atoms with Gasteiger partial charge in [-0.05, 0) is 59.9 Å². The zero-order chi connectivity index (χ0) is 25.0. The van der Waals surface area contributed by atoms with Gasteiger partial charge >= 0.3 is 0 Å². The van der Waals surface area contributed by atoms with Crippen molar-refractivity contribution in [2.75, 3.05) is 7.11 Å². The number of thiazole rings is 1. The number of rotatable bonds is 3. The van der Waals surface area contributed by atoms with Gasteiger partial charge in [-0.2, -0.15) is 0 Å². The van der Waals surface area contributed by atoms with Gasteiger partial charge in [0.25, 0.3) is 5.56 Å². The number of phenolic OH excluding ortho intramolecular Hbond substituents is 1. The maximum absolute atomic E-state index is 13.8. The molecule has 0 spiro atoms. The summed E-state index contributed by atoms with van der Waals surface area (Å²) in [6.45, 7) is 0. The minimum atomic E-state index is -0.283. The molecule has 5 nitrogen and oxygen atoms in total. The van der Waals surface area contributed by atoms with E-state index in [2.05, 4.69) is 34.1 Å². The lowest BCUT2D eigenvalue weighted by Crippen LogP contribution is -2.38. The van der Waals surface area contributed by atoms with Crippen LogP contribution in [0.15, 0.2) is 80.5 Å². The standard InChI is InChI=1S/C28H20BrClN2O3S/c1-35-22-14-18(29)12-17(26(22)33)13-23-27(34)32-25(16-6-9-19(30)10-7-16)21-11-8-15-4-2-3-5-20(15)24(21)31-28(32)36-23/h2-7,9-10,12-14,25,33H,8,11H2,1H3/b23-13+. The van der Waals surface area contributed by atoms with Crippen molar-refractivity contribution in [2.45, 2.75) is 18.9 Å².